The molecule has 0 saturated heterocycles. The second-order valence-corrected chi connectivity index (χ2v) is 10.1. The Morgan fingerprint density at radius 3 is 2.36 bits per heavy atom. The van der Waals surface area contributed by atoms with E-state index in [1.54, 1.807) is 24.1 Å². The topological polar surface area (TPSA) is 72.9 Å². The van der Waals surface area contributed by atoms with E-state index in [1.165, 1.54) is 18.6 Å². The van der Waals surface area contributed by atoms with Crippen LogP contribution in [0.3, 0.4) is 0 Å². The van der Waals surface area contributed by atoms with Gasteiger partial charge in [-0.15, -0.1) is 0 Å². The molecule has 0 aliphatic carbocycles. The van der Waals surface area contributed by atoms with E-state index in [4.69, 9.17) is 8.92 Å². The quantitative estimate of drug-likeness (QED) is 0.203. The van der Waals surface area contributed by atoms with Gasteiger partial charge < -0.3 is 13.8 Å². The van der Waals surface area contributed by atoms with Crippen molar-refractivity contribution in [2.45, 2.75) is 69.5 Å². The molecule has 0 aliphatic rings. The van der Waals surface area contributed by atoms with E-state index in [2.05, 4.69) is 6.92 Å². The number of carbonyl (C=O) groups is 1. The van der Waals surface area contributed by atoms with Gasteiger partial charge in [0.25, 0.3) is 0 Å². The molecule has 0 radical (unpaired) electrons. The number of hydrogen-bond donors (Lipinski definition) is 0. The zero-order valence-electron chi connectivity index (χ0n) is 20.7. The molecule has 0 aliphatic heterocycles. The lowest BCUT2D eigenvalue weighted by molar-refractivity contribution is -0.137. The maximum atomic E-state index is 13.0. The van der Waals surface area contributed by atoms with Gasteiger partial charge in [0.1, 0.15) is 10.6 Å². The minimum Gasteiger partial charge on any atom is -0.383 e. The van der Waals surface area contributed by atoms with Crippen molar-refractivity contribution in [2.75, 3.05) is 20.3 Å². The van der Waals surface area contributed by atoms with Crippen molar-refractivity contribution in [1.82, 2.24) is 4.90 Å². The number of benzene rings is 2. The van der Waals surface area contributed by atoms with Crippen LogP contribution in [0.25, 0.3) is 0 Å². The zero-order valence-corrected chi connectivity index (χ0v) is 21.5. The summed E-state index contributed by atoms with van der Waals surface area (Å²) in [5, 5.41) is 0. The summed E-state index contributed by atoms with van der Waals surface area (Å²) in [5.41, 5.74) is -0.460. The van der Waals surface area contributed by atoms with Crippen LogP contribution in [-0.2, 0) is 32.4 Å². The molecule has 6 nitrogen and oxygen atoms in total. The van der Waals surface area contributed by atoms with Gasteiger partial charge in [-0.2, -0.15) is 21.6 Å². The van der Waals surface area contributed by atoms with E-state index < -0.39 is 26.8 Å². The number of carbonyl (C=O) groups excluding carboxylic acids is 1. The maximum Gasteiger partial charge on any atom is 0.416 e. The molecular weight excluding hydrogens is 495 g/mol. The Morgan fingerprint density at radius 1 is 0.972 bits per heavy atom. The first-order valence-corrected chi connectivity index (χ1v) is 13.4. The SMILES string of the molecule is CCCCCCCCC(=O)N(CCOC)Cc1cccc(OS(=O)(=O)c2cccc(C(F)(F)F)c2)c1. The summed E-state index contributed by atoms with van der Waals surface area (Å²) >= 11 is 0. The van der Waals surface area contributed by atoms with Gasteiger partial charge in [-0.05, 0) is 42.3 Å². The molecule has 0 saturated carbocycles. The molecule has 2 aromatic rings. The number of halogens is 3. The van der Waals surface area contributed by atoms with E-state index in [0.717, 1.165) is 50.3 Å². The Balaban J connectivity index is 2.08. The third-order valence-corrected chi connectivity index (χ3v) is 6.83. The van der Waals surface area contributed by atoms with E-state index in [-0.39, 0.29) is 18.2 Å². The van der Waals surface area contributed by atoms with Gasteiger partial charge in [0, 0.05) is 26.6 Å². The van der Waals surface area contributed by atoms with Gasteiger partial charge in [-0.25, -0.2) is 0 Å². The zero-order chi connectivity index (χ0) is 26.6. The molecule has 2 rings (SSSR count). The predicted molar refractivity (Wildman–Crippen MR) is 131 cm³/mol. The van der Waals surface area contributed by atoms with Crippen LogP contribution in [0.2, 0.25) is 0 Å². The molecule has 1 amide bonds. The first-order valence-electron chi connectivity index (χ1n) is 12.0. The third kappa shape index (κ3) is 9.81. The van der Waals surface area contributed by atoms with Crippen LogP contribution in [0.15, 0.2) is 53.4 Å². The first-order chi connectivity index (χ1) is 17.1. The number of alkyl halides is 3. The third-order valence-electron chi connectivity index (χ3n) is 5.59. The van der Waals surface area contributed by atoms with Gasteiger partial charge in [0.15, 0.2) is 0 Å². The van der Waals surface area contributed by atoms with Crippen LogP contribution in [-0.4, -0.2) is 39.5 Å². The highest BCUT2D eigenvalue weighted by molar-refractivity contribution is 7.87. The van der Waals surface area contributed by atoms with Gasteiger partial charge in [0.05, 0.1) is 12.2 Å². The average Bonchev–Trinajstić information content (AvgIpc) is 2.83. The number of nitrogens with zero attached hydrogens (tertiary/aromatic N) is 1. The smallest absolute Gasteiger partial charge is 0.383 e. The second-order valence-electron chi connectivity index (χ2n) is 8.54. The highest BCUT2D eigenvalue weighted by Gasteiger charge is 2.32. The van der Waals surface area contributed by atoms with Crippen molar-refractivity contribution in [1.29, 1.82) is 0 Å². The van der Waals surface area contributed by atoms with Crippen molar-refractivity contribution < 1.29 is 35.3 Å². The minimum atomic E-state index is -4.68. The highest BCUT2D eigenvalue weighted by Crippen LogP contribution is 2.31. The van der Waals surface area contributed by atoms with Crippen molar-refractivity contribution in [3.8, 4) is 5.75 Å². The number of hydrogen-bond acceptors (Lipinski definition) is 5. The summed E-state index contributed by atoms with van der Waals surface area (Å²) in [5.74, 6) is -0.0783. The standard InChI is InChI=1S/C26H34F3NO5S/c1-3-4-5-6-7-8-15-25(31)30(16-17-34-2)20-21-11-9-13-23(18-21)35-36(32,33)24-14-10-12-22(19-24)26(27,28)29/h9-14,18-19H,3-8,15-17,20H2,1-2H3. The van der Waals surface area contributed by atoms with Crippen molar-refractivity contribution in [2.24, 2.45) is 0 Å². The summed E-state index contributed by atoms with van der Waals surface area (Å²) in [7, 11) is -2.95. The Bertz CT molecular complexity index is 1070. The molecule has 10 heteroatoms. The molecule has 0 bridgehead atoms. The van der Waals surface area contributed by atoms with Gasteiger partial charge in [-0.1, -0.05) is 57.2 Å². The fourth-order valence-electron chi connectivity index (χ4n) is 3.63. The fourth-order valence-corrected chi connectivity index (χ4v) is 4.60. The lowest BCUT2D eigenvalue weighted by Gasteiger charge is -2.23. The summed E-state index contributed by atoms with van der Waals surface area (Å²) in [6, 6.07) is 9.53. The number of ether oxygens (including phenoxy) is 1. The number of unbranched alkanes of at least 4 members (excludes halogenated alkanes) is 5. The summed E-state index contributed by atoms with van der Waals surface area (Å²) < 4.78 is 74.4. The molecule has 0 fully saturated rings. The number of amides is 1. The normalized spacial score (nSPS) is 11.9. The van der Waals surface area contributed by atoms with Crippen LogP contribution in [0.1, 0.15) is 63.0 Å². The summed E-state index contributed by atoms with van der Waals surface area (Å²) in [6.07, 6.45) is 2.12. The lowest BCUT2D eigenvalue weighted by atomic mass is 10.1. The van der Waals surface area contributed by atoms with E-state index in [0.29, 0.717) is 31.2 Å². The summed E-state index contributed by atoms with van der Waals surface area (Å²) in [6.45, 7) is 3.10. The van der Waals surface area contributed by atoms with Crippen LogP contribution in [0, 0.1) is 0 Å². The molecule has 0 spiro atoms. The Morgan fingerprint density at radius 2 is 1.67 bits per heavy atom. The maximum absolute atomic E-state index is 13.0. The molecule has 0 aromatic heterocycles. The molecule has 2 aromatic carbocycles. The van der Waals surface area contributed by atoms with E-state index in [1.807, 2.05) is 0 Å². The van der Waals surface area contributed by atoms with Gasteiger partial charge in [-0.3, -0.25) is 4.79 Å². The largest absolute Gasteiger partial charge is 0.416 e. The van der Waals surface area contributed by atoms with Crippen molar-refractivity contribution in [3.63, 3.8) is 0 Å². The van der Waals surface area contributed by atoms with Crippen LogP contribution >= 0.6 is 0 Å². The van der Waals surface area contributed by atoms with Crippen LogP contribution in [0.5, 0.6) is 5.75 Å². The van der Waals surface area contributed by atoms with Crippen molar-refractivity contribution >= 4 is 16.0 Å². The van der Waals surface area contributed by atoms with E-state index in [9.17, 15) is 26.4 Å². The molecule has 0 atom stereocenters. The lowest BCUT2D eigenvalue weighted by Crippen LogP contribution is -2.33. The number of rotatable bonds is 15. The van der Waals surface area contributed by atoms with Crippen LogP contribution in [0.4, 0.5) is 13.2 Å². The average molecular weight is 530 g/mol. The number of methoxy groups -OCH3 is 1. The monoisotopic (exact) mass is 529 g/mol. The van der Waals surface area contributed by atoms with Crippen LogP contribution < -0.4 is 4.18 Å². The molecular formula is C26H34F3NO5S. The van der Waals surface area contributed by atoms with Gasteiger partial charge in [0.2, 0.25) is 5.91 Å². The second kappa shape index (κ2) is 14.2. The molecule has 0 N–H and O–H groups in total. The Hall–Kier alpha value is -2.59. The highest BCUT2D eigenvalue weighted by atomic mass is 32.2. The molecule has 0 heterocycles. The predicted octanol–water partition coefficient (Wildman–Crippen LogP) is 6.20. The Kier molecular flexibility index (Phi) is 11.7. The molecule has 0 unspecified atom stereocenters. The first kappa shape index (κ1) is 29.6. The van der Waals surface area contributed by atoms with E-state index >= 15 is 0 Å². The summed E-state index contributed by atoms with van der Waals surface area (Å²) in [4.78, 5) is 13.9. The van der Waals surface area contributed by atoms with Crippen molar-refractivity contribution in [3.05, 3.63) is 59.7 Å². The molecule has 200 valence electrons. The Labute approximate surface area is 211 Å². The fraction of sp³-hybridized carbons (Fsp3) is 0.500. The van der Waals surface area contributed by atoms with Gasteiger partial charge >= 0.3 is 16.3 Å². The minimum absolute atomic E-state index is 0.0227. The molecule has 36 heavy (non-hydrogen) atoms.